The molecule has 0 aliphatic rings. The number of hydrogen-bond donors (Lipinski definition) is 1. The molecule has 1 aromatic heterocycles. The summed E-state index contributed by atoms with van der Waals surface area (Å²) in [5.41, 5.74) is 1.40. The standard InChI is InChI=1S/C19H16ClNO3/c1-11(2)19(23)21-16-14-5-3-4-6-15(14)24-18(16)17(22)12-7-9-13(20)10-8-12/h3-11H,1-2H3,(H,21,23). The Morgan fingerprint density at radius 1 is 1.04 bits per heavy atom. The van der Waals surface area contributed by atoms with E-state index in [0.717, 1.165) is 0 Å². The molecule has 0 radical (unpaired) electrons. The van der Waals surface area contributed by atoms with Gasteiger partial charge in [-0.1, -0.05) is 37.6 Å². The smallest absolute Gasteiger partial charge is 0.230 e. The first-order valence-corrected chi connectivity index (χ1v) is 7.98. The number of halogens is 1. The van der Waals surface area contributed by atoms with E-state index in [2.05, 4.69) is 5.32 Å². The second-order valence-corrected chi connectivity index (χ2v) is 6.22. The van der Waals surface area contributed by atoms with E-state index in [1.54, 1.807) is 44.2 Å². The van der Waals surface area contributed by atoms with Gasteiger partial charge in [-0.25, -0.2) is 0 Å². The van der Waals surface area contributed by atoms with Crippen LogP contribution in [0.25, 0.3) is 11.0 Å². The fourth-order valence-corrected chi connectivity index (χ4v) is 2.46. The number of carbonyl (C=O) groups excluding carboxylic acids is 2. The first-order chi connectivity index (χ1) is 11.5. The molecule has 0 bridgehead atoms. The third kappa shape index (κ3) is 3.05. The molecule has 122 valence electrons. The number of carbonyl (C=O) groups is 2. The molecule has 0 unspecified atom stereocenters. The number of anilines is 1. The Kier molecular flexibility index (Phi) is 4.40. The van der Waals surface area contributed by atoms with Gasteiger partial charge in [-0.15, -0.1) is 0 Å². The van der Waals surface area contributed by atoms with Gasteiger partial charge >= 0.3 is 0 Å². The van der Waals surface area contributed by atoms with Crippen molar-refractivity contribution in [2.24, 2.45) is 5.92 Å². The molecule has 2 aromatic carbocycles. The summed E-state index contributed by atoms with van der Waals surface area (Å²) < 4.78 is 5.73. The SMILES string of the molecule is CC(C)C(=O)Nc1c(C(=O)c2ccc(Cl)cc2)oc2ccccc12. The molecule has 0 aliphatic heterocycles. The summed E-state index contributed by atoms with van der Waals surface area (Å²) in [7, 11) is 0. The van der Waals surface area contributed by atoms with E-state index < -0.39 is 0 Å². The van der Waals surface area contributed by atoms with E-state index in [-0.39, 0.29) is 23.4 Å². The highest BCUT2D eigenvalue weighted by Crippen LogP contribution is 2.33. The molecule has 4 nitrogen and oxygen atoms in total. The highest BCUT2D eigenvalue weighted by atomic mass is 35.5. The fourth-order valence-electron chi connectivity index (χ4n) is 2.33. The van der Waals surface area contributed by atoms with Gasteiger partial charge in [-0.2, -0.15) is 0 Å². The molecule has 0 aliphatic carbocycles. The largest absolute Gasteiger partial charge is 0.450 e. The van der Waals surface area contributed by atoms with Crippen LogP contribution in [0.5, 0.6) is 0 Å². The van der Waals surface area contributed by atoms with Gasteiger partial charge in [-0.3, -0.25) is 9.59 Å². The Labute approximate surface area is 144 Å². The maximum Gasteiger partial charge on any atom is 0.230 e. The van der Waals surface area contributed by atoms with Crippen LogP contribution in [-0.4, -0.2) is 11.7 Å². The Balaban J connectivity index is 2.10. The van der Waals surface area contributed by atoms with E-state index >= 15 is 0 Å². The lowest BCUT2D eigenvalue weighted by molar-refractivity contribution is -0.118. The van der Waals surface area contributed by atoms with Crippen LogP contribution < -0.4 is 5.32 Å². The van der Waals surface area contributed by atoms with Crippen molar-refractivity contribution in [3.05, 3.63) is 64.9 Å². The Morgan fingerprint density at radius 2 is 1.71 bits per heavy atom. The van der Waals surface area contributed by atoms with Crippen LogP contribution in [0.4, 0.5) is 5.69 Å². The zero-order valence-corrected chi connectivity index (χ0v) is 14.1. The van der Waals surface area contributed by atoms with E-state index in [1.807, 2.05) is 18.2 Å². The average molecular weight is 342 g/mol. The first kappa shape index (κ1) is 16.3. The van der Waals surface area contributed by atoms with Crippen molar-refractivity contribution in [3.8, 4) is 0 Å². The lowest BCUT2D eigenvalue weighted by Crippen LogP contribution is -2.19. The molecule has 0 saturated carbocycles. The predicted octanol–water partition coefficient (Wildman–Crippen LogP) is 4.91. The highest BCUT2D eigenvalue weighted by Gasteiger charge is 2.23. The fraction of sp³-hybridized carbons (Fsp3) is 0.158. The molecular formula is C19H16ClNO3. The molecule has 1 N–H and O–H groups in total. The lowest BCUT2D eigenvalue weighted by Gasteiger charge is -2.08. The van der Waals surface area contributed by atoms with Crippen LogP contribution in [0.15, 0.2) is 52.9 Å². The van der Waals surface area contributed by atoms with Gasteiger partial charge in [0.2, 0.25) is 11.7 Å². The Bertz CT molecular complexity index is 910. The van der Waals surface area contributed by atoms with Crippen LogP contribution >= 0.6 is 11.6 Å². The number of amides is 1. The summed E-state index contributed by atoms with van der Waals surface area (Å²) in [6.45, 7) is 3.58. The maximum absolute atomic E-state index is 12.8. The van der Waals surface area contributed by atoms with Crippen LogP contribution in [-0.2, 0) is 4.79 Å². The number of nitrogens with one attached hydrogen (secondary N) is 1. The van der Waals surface area contributed by atoms with Gasteiger partial charge in [0, 0.05) is 21.9 Å². The number of furan rings is 1. The third-order valence-corrected chi connectivity index (χ3v) is 3.93. The van der Waals surface area contributed by atoms with Gasteiger partial charge in [0.15, 0.2) is 5.76 Å². The van der Waals surface area contributed by atoms with E-state index in [0.29, 0.717) is 27.2 Å². The van der Waals surface area contributed by atoms with Gasteiger partial charge in [0.05, 0.1) is 5.69 Å². The number of benzene rings is 2. The Morgan fingerprint density at radius 3 is 2.38 bits per heavy atom. The normalized spacial score (nSPS) is 11.0. The number of fused-ring (bicyclic) bond motifs is 1. The Hall–Kier alpha value is -2.59. The van der Waals surface area contributed by atoms with Crippen LogP contribution in [0, 0.1) is 5.92 Å². The summed E-state index contributed by atoms with van der Waals surface area (Å²) in [5.74, 6) is -0.571. The number of hydrogen-bond acceptors (Lipinski definition) is 3. The third-order valence-electron chi connectivity index (χ3n) is 3.68. The van der Waals surface area contributed by atoms with Crippen molar-refractivity contribution in [1.29, 1.82) is 0 Å². The minimum Gasteiger partial charge on any atom is -0.450 e. The van der Waals surface area contributed by atoms with Crippen LogP contribution in [0.1, 0.15) is 30.0 Å². The summed E-state index contributed by atoms with van der Waals surface area (Å²) in [6.07, 6.45) is 0. The summed E-state index contributed by atoms with van der Waals surface area (Å²) in [6, 6.07) is 13.8. The lowest BCUT2D eigenvalue weighted by atomic mass is 10.1. The minimum atomic E-state index is -0.304. The second kappa shape index (κ2) is 6.49. The zero-order chi connectivity index (χ0) is 17.3. The maximum atomic E-state index is 12.8. The highest BCUT2D eigenvalue weighted by molar-refractivity contribution is 6.30. The van der Waals surface area contributed by atoms with Gasteiger partial charge in [-0.05, 0) is 36.4 Å². The molecule has 0 atom stereocenters. The summed E-state index contributed by atoms with van der Waals surface area (Å²) in [4.78, 5) is 24.9. The molecule has 1 heterocycles. The van der Waals surface area contributed by atoms with E-state index in [9.17, 15) is 9.59 Å². The number of rotatable bonds is 4. The number of para-hydroxylation sites is 1. The quantitative estimate of drug-likeness (QED) is 0.686. The monoisotopic (exact) mass is 341 g/mol. The van der Waals surface area contributed by atoms with E-state index in [1.165, 1.54) is 0 Å². The minimum absolute atomic E-state index is 0.118. The summed E-state index contributed by atoms with van der Waals surface area (Å²) in [5, 5.41) is 4.06. The second-order valence-electron chi connectivity index (χ2n) is 5.78. The molecule has 1 amide bonds. The van der Waals surface area contributed by atoms with Crippen molar-refractivity contribution in [1.82, 2.24) is 0 Å². The van der Waals surface area contributed by atoms with Gasteiger partial charge in [0.25, 0.3) is 0 Å². The molecule has 0 saturated heterocycles. The predicted molar refractivity (Wildman–Crippen MR) is 94.6 cm³/mol. The van der Waals surface area contributed by atoms with Gasteiger partial charge < -0.3 is 9.73 Å². The summed E-state index contributed by atoms with van der Waals surface area (Å²) >= 11 is 5.87. The van der Waals surface area contributed by atoms with Crippen molar-refractivity contribution < 1.29 is 14.0 Å². The van der Waals surface area contributed by atoms with E-state index in [4.69, 9.17) is 16.0 Å². The van der Waals surface area contributed by atoms with Crippen molar-refractivity contribution >= 4 is 39.9 Å². The topological polar surface area (TPSA) is 59.3 Å². The molecule has 5 heteroatoms. The molecule has 24 heavy (non-hydrogen) atoms. The molecular weight excluding hydrogens is 326 g/mol. The average Bonchev–Trinajstić information content (AvgIpc) is 2.93. The number of ketones is 1. The zero-order valence-electron chi connectivity index (χ0n) is 13.3. The molecule has 0 spiro atoms. The van der Waals surface area contributed by atoms with Crippen molar-refractivity contribution in [2.75, 3.05) is 5.32 Å². The van der Waals surface area contributed by atoms with Crippen molar-refractivity contribution in [3.63, 3.8) is 0 Å². The molecule has 3 rings (SSSR count). The van der Waals surface area contributed by atoms with Crippen molar-refractivity contribution in [2.45, 2.75) is 13.8 Å². The molecule has 0 fully saturated rings. The van der Waals surface area contributed by atoms with Crippen LogP contribution in [0.2, 0.25) is 5.02 Å². The van der Waals surface area contributed by atoms with Gasteiger partial charge in [0.1, 0.15) is 5.58 Å². The first-order valence-electron chi connectivity index (χ1n) is 7.60. The van der Waals surface area contributed by atoms with Crippen LogP contribution in [0.3, 0.4) is 0 Å². The molecule has 3 aromatic rings.